The van der Waals surface area contributed by atoms with Gasteiger partial charge in [0.15, 0.2) is 0 Å². The molecule has 6 heteroatoms. The first-order chi connectivity index (χ1) is 7.22. The van der Waals surface area contributed by atoms with E-state index >= 15 is 0 Å². The van der Waals surface area contributed by atoms with E-state index in [2.05, 4.69) is 0 Å². The number of nitrogen functional groups attached to an aromatic ring is 1. The normalized spacial score (nSPS) is 15.2. The van der Waals surface area contributed by atoms with E-state index in [1.807, 2.05) is 0 Å². The predicted molar refractivity (Wildman–Crippen MR) is 54.6 cm³/mol. The number of aliphatic hydroxyl groups is 1. The van der Waals surface area contributed by atoms with Crippen LogP contribution in [0.15, 0.2) is 18.2 Å². The highest BCUT2D eigenvalue weighted by molar-refractivity contribution is 6.30. The number of alkyl halides is 3. The summed E-state index contributed by atoms with van der Waals surface area (Å²) >= 11 is 5.53. The number of halogens is 4. The minimum absolute atomic E-state index is 0.00197. The Kier molecular flexibility index (Phi) is 3.08. The second kappa shape index (κ2) is 3.89. The summed E-state index contributed by atoms with van der Waals surface area (Å²) in [5.41, 5.74) is 0.986. The van der Waals surface area contributed by atoms with Crippen LogP contribution in [0.5, 0.6) is 0 Å². The van der Waals surface area contributed by atoms with E-state index in [0.29, 0.717) is 0 Å². The Hall–Kier alpha value is -1.38. The third kappa shape index (κ3) is 1.94. The molecule has 0 fully saturated rings. The molecule has 1 unspecified atom stereocenters. The summed E-state index contributed by atoms with van der Waals surface area (Å²) in [7, 11) is 0. The molecule has 0 radical (unpaired) electrons. The van der Waals surface area contributed by atoms with Gasteiger partial charge in [0.1, 0.15) is 0 Å². The van der Waals surface area contributed by atoms with Crippen LogP contribution >= 0.6 is 11.6 Å². The fraction of sp³-hybridized carbons (Fsp3) is 0.200. The van der Waals surface area contributed by atoms with Crippen molar-refractivity contribution in [3.05, 3.63) is 28.8 Å². The molecule has 0 aliphatic rings. The van der Waals surface area contributed by atoms with E-state index in [4.69, 9.17) is 23.8 Å². The van der Waals surface area contributed by atoms with Crippen molar-refractivity contribution in [2.75, 3.05) is 5.73 Å². The molecule has 1 aromatic carbocycles. The quantitative estimate of drug-likeness (QED) is 0.593. The first kappa shape index (κ1) is 12.7. The summed E-state index contributed by atoms with van der Waals surface area (Å²) in [5.74, 6) is 1.29. The van der Waals surface area contributed by atoms with Crippen LogP contribution in [0.1, 0.15) is 5.56 Å². The molecule has 0 heterocycles. The number of nitrogens with two attached hydrogens (primary N) is 1. The minimum atomic E-state index is -5.03. The lowest BCUT2D eigenvalue weighted by Crippen LogP contribution is -2.41. The lowest BCUT2D eigenvalue weighted by molar-refractivity contribution is -0.240. The molecule has 3 N–H and O–H groups in total. The van der Waals surface area contributed by atoms with E-state index in [9.17, 15) is 18.3 Å². The van der Waals surface area contributed by atoms with Crippen LogP contribution in [-0.2, 0) is 5.60 Å². The molecular weight excluding hydrogens is 243 g/mol. The largest absolute Gasteiger partial charge is 0.433 e. The van der Waals surface area contributed by atoms with Gasteiger partial charge >= 0.3 is 6.18 Å². The van der Waals surface area contributed by atoms with E-state index in [1.54, 1.807) is 0 Å². The Morgan fingerprint density at radius 2 is 1.94 bits per heavy atom. The summed E-state index contributed by atoms with van der Waals surface area (Å²) in [6.07, 6.45) is -0.302. The maximum absolute atomic E-state index is 12.6. The van der Waals surface area contributed by atoms with Gasteiger partial charge in [0.2, 0.25) is 5.60 Å². The zero-order valence-corrected chi connectivity index (χ0v) is 8.60. The molecule has 2 nitrogen and oxygen atoms in total. The summed E-state index contributed by atoms with van der Waals surface area (Å²) < 4.78 is 37.8. The number of terminal acetylenes is 1. The Morgan fingerprint density at radius 1 is 1.38 bits per heavy atom. The smallest absolute Gasteiger partial charge is 0.398 e. The Labute approximate surface area is 94.8 Å². The minimum Gasteiger partial charge on any atom is -0.398 e. The van der Waals surface area contributed by atoms with Gasteiger partial charge in [0, 0.05) is 16.3 Å². The molecule has 0 saturated heterocycles. The monoisotopic (exact) mass is 249 g/mol. The van der Waals surface area contributed by atoms with Crippen molar-refractivity contribution < 1.29 is 18.3 Å². The molecule has 1 atom stereocenters. The van der Waals surface area contributed by atoms with Crippen molar-refractivity contribution in [1.82, 2.24) is 0 Å². The van der Waals surface area contributed by atoms with Crippen LogP contribution in [0.25, 0.3) is 0 Å². The summed E-state index contributed by atoms with van der Waals surface area (Å²) in [4.78, 5) is 0. The molecule has 1 aromatic rings. The standard InChI is InChI=1S/C10H7ClF3NO/c1-2-9(16,10(12,13)14)7-5-6(11)3-4-8(7)15/h1,3-5,16H,15H2. The van der Waals surface area contributed by atoms with Gasteiger partial charge in [0.05, 0.1) is 0 Å². The van der Waals surface area contributed by atoms with Crippen LogP contribution in [0.2, 0.25) is 5.02 Å². The van der Waals surface area contributed by atoms with Crippen LogP contribution in [-0.4, -0.2) is 11.3 Å². The van der Waals surface area contributed by atoms with Crippen LogP contribution in [0.3, 0.4) is 0 Å². The summed E-state index contributed by atoms with van der Waals surface area (Å²) in [6.45, 7) is 0. The molecule has 16 heavy (non-hydrogen) atoms. The summed E-state index contributed by atoms with van der Waals surface area (Å²) in [6, 6.07) is 3.34. The number of hydrogen-bond donors (Lipinski definition) is 2. The zero-order valence-electron chi connectivity index (χ0n) is 7.85. The molecule has 0 aliphatic heterocycles. The number of rotatable bonds is 1. The highest BCUT2D eigenvalue weighted by Gasteiger charge is 2.55. The lowest BCUT2D eigenvalue weighted by Gasteiger charge is -2.26. The molecule has 0 spiro atoms. The third-order valence-electron chi connectivity index (χ3n) is 2.02. The van der Waals surface area contributed by atoms with E-state index < -0.39 is 17.3 Å². The zero-order chi connectivity index (χ0) is 12.6. The molecule has 0 aliphatic carbocycles. The van der Waals surface area contributed by atoms with Crippen molar-refractivity contribution in [1.29, 1.82) is 0 Å². The first-order valence-corrected chi connectivity index (χ1v) is 4.42. The predicted octanol–water partition coefficient (Wildman–Crippen LogP) is 2.31. The van der Waals surface area contributed by atoms with Gasteiger partial charge < -0.3 is 10.8 Å². The van der Waals surface area contributed by atoms with Gasteiger partial charge in [-0.15, -0.1) is 6.42 Å². The van der Waals surface area contributed by atoms with Gasteiger partial charge in [-0.2, -0.15) is 13.2 Å². The Morgan fingerprint density at radius 3 is 2.38 bits per heavy atom. The average molecular weight is 250 g/mol. The maximum atomic E-state index is 12.6. The fourth-order valence-electron chi connectivity index (χ4n) is 1.15. The van der Waals surface area contributed by atoms with Gasteiger partial charge in [-0.1, -0.05) is 17.5 Å². The summed E-state index contributed by atoms with van der Waals surface area (Å²) in [5, 5.41) is 9.44. The first-order valence-electron chi connectivity index (χ1n) is 4.04. The van der Waals surface area contributed by atoms with Gasteiger partial charge in [0.25, 0.3) is 0 Å². The van der Waals surface area contributed by atoms with Gasteiger partial charge in [-0.3, -0.25) is 0 Å². The third-order valence-corrected chi connectivity index (χ3v) is 2.26. The maximum Gasteiger partial charge on any atom is 0.433 e. The van der Waals surface area contributed by atoms with Crippen molar-refractivity contribution in [2.24, 2.45) is 0 Å². The lowest BCUT2D eigenvalue weighted by atomic mass is 9.92. The number of hydrogen-bond acceptors (Lipinski definition) is 2. The molecule has 0 saturated carbocycles. The topological polar surface area (TPSA) is 46.2 Å². The van der Waals surface area contributed by atoms with Crippen LogP contribution < -0.4 is 5.73 Å². The van der Waals surface area contributed by atoms with Crippen molar-refractivity contribution in [3.8, 4) is 12.3 Å². The molecule has 86 valence electrons. The second-order valence-corrected chi connectivity index (χ2v) is 3.52. The number of benzene rings is 1. The molecule has 0 aromatic heterocycles. The van der Waals surface area contributed by atoms with E-state index in [-0.39, 0.29) is 10.7 Å². The number of anilines is 1. The average Bonchev–Trinajstić information content (AvgIpc) is 2.19. The highest BCUT2D eigenvalue weighted by Crippen LogP contribution is 2.41. The van der Waals surface area contributed by atoms with Crippen molar-refractivity contribution in [3.63, 3.8) is 0 Å². The van der Waals surface area contributed by atoms with Crippen LogP contribution in [0.4, 0.5) is 18.9 Å². The van der Waals surface area contributed by atoms with Crippen molar-refractivity contribution in [2.45, 2.75) is 11.8 Å². The highest BCUT2D eigenvalue weighted by atomic mass is 35.5. The molecule has 0 bridgehead atoms. The molecular formula is C10H7ClF3NO. The van der Waals surface area contributed by atoms with Gasteiger partial charge in [-0.25, -0.2) is 0 Å². The fourth-order valence-corrected chi connectivity index (χ4v) is 1.33. The second-order valence-electron chi connectivity index (χ2n) is 3.08. The van der Waals surface area contributed by atoms with E-state index in [0.717, 1.165) is 12.1 Å². The SMILES string of the molecule is C#CC(O)(c1cc(Cl)ccc1N)C(F)(F)F. The molecule has 0 amide bonds. The molecule has 1 rings (SSSR count). The van der Waals surface area contributed by atoms with Crippen LogP contribution in [0, 0.1) is 12.3 Å². The van der Waals surface area contributed by atoms with Crippen molar-refractivity contribution >= 4 is 17.3 Å². The Balaban J connectivity index is 3.47. The van der Waals surface area contributed by atoms with E-state index in [1.165, 1.54) is 12.0 Å². The Bertz CT molecular complexity index is 452. The van der Waals surface area contributed by atoms with Gasteiger partial charge in [-0.05, 0) is 18.2 Å².